The highest BCUT2D eigenvalue weighted by Crippen LogP contribution is 2.25. The highest BCUT2D eigenvalue weighted by atomic mass is 16.5. The molecule has 0 saturated carbocycles. The van der Waals surface area contributed by atoms with Gasteiger partial charge in [0.05, 0.1) is 12.5 Å². The summed E-state index contributed by atoms with van der Waals surface area (Å²) in [5.41, 5.74) is 2.75. The quantitative estimate of drug-likeness (QED) is 0.616. The predicted molar refractivity (Wildman–Crippen MR) is 106 cm³/mol. The van der Waals surface area contributed by atoms with Crippen LogP contribution in [0.1, 0.15) is 43.4 Å². The zero-order valence-electron chi connectivity index (χ0n) is 16.1. The van der Waals surface area contributed by atoms with E-state index < -0.39 is 12.0 Å². The molecule has 0 spiro atoms. The topological polar surface area (TPSA) is 75.7 Å². The third kappa shape index (κ3) is 4.97. The lowest BCUT2D eigenvalue weighted by Gasteiger charge is -2.18. The highest BCUT2D eigenvalue weighted by Gasteiger charge is 2.22. The van der Waals surface area contributed by atoms with E-state index in [0.717, 1.165) is 23.2 Å². The lowest BCUT2D eigenvalue weighted by Crippen LogP contribution is -2.29. The monoisotopic (exact) mass is 380 g/mol. The zero-order chi connectivity index (χ0) is 20.1. The molecule has 0 aliphatic carbocycles. The van der Waals surface area contributed by atoms with Gasteiger partial charge in [-0.15, -0.1) is 0 Å². The summed E-state index contributed by atoms with van der Waals surface area (Å²) in [4.78, 5) is 37.5. The van der Waals surface area contributed by atoms with Crippen LogP contribution in [-0.4, -0.2) is 24.3 Å². The van der Waals surface area contributed by atoms with Crippen molar-refractivity contribution in [2.45, 2.75) is 39.2 Å². The molecule has 1 aliphatic heterocycles. The first-order valence-electron chi connectivity index (χ1n) is 9.37. The first-order chi connectivity index (χ1) is 13.4. The van der Waals surface area contributed by atoms with Crippen molar-refractivity contribution in [3.05, 3.63) is 59.7 Å². The Morgan fingerprint density at radius 1 is 1.11 bits per heavy atom. The summed E-state index contributed by atoms with van der Waals surface area (Å²) in [6.45, 7) is 4.11. The normalized spacial score (nSPS) is 14.6. The number of aryl methyl sites for hydroxylation is 1. The molecule has 1 fully saturated rings. The lowest BCUT2D eigenvalue weighted by atomic mass is 10.0. The van der Waals surface area contributed by atoms with E-state index >= 15 is 0 Å². The average Bonchev–Trinajstić information content (AvgIpc) is 3.08. The van der Waals surface area contributed by atoms with Gasteiger partial charge in [-0.2, -0.15) is 0 Å². The number of amides is 2. The second-order valence-corrected chi connectivity index (χ2v) is 6.98. The number of esters is 1. The molecule has 1 unspecified atom stereocenters. The predicted octanol–water partition coefficient (Wildman–Crippen LogP) is 3.29. The smallest absolute Gasteiger partial charge is 0.313 e. The minimum absolute atomic E-state index is 0.0228. The fourth-order valence-corrected chi connectivity index (χ4v) is 3.25. The van der Waals surface area contributed by atoms with Gasteiger partial charge < -0.3 is 15.0 Å². The van der Waals surface area contributed by atoms with E-state index in [1.54, 1.807) is 29.2 Å². The molecule has 3 rings (SSSR count). The third-order valence-corrected chi connectivity index (χ3v) is 4.68. The van der Waals surface area contributed by atoms with E-state index in [1.165, 1.54) is 6.92 Å². The number of ether oxygens (including phenoxy) is 1. The summed E-state index contributed by atoms with van der Waals surface area (Å²) in [5, 5.41) is 2.80. The van der Waals surface area contributed by atoms with Crippen LogP contribution in [0.2, 0.25) is 0 Å². The van der Waals surface area contributed by atoms with E-state index in [1.807, 2.05) is 31.2 Å². The fraction of sp³-hybridized carbons (Fsp3) is 0.318. The Labute approximate surface area is 164 Å². The summed E-state index contributed by atoms with van der Waals surface area (Å²) in [7, 11) is 0. The number of benzene rings is 2. The number of rotatable bonds is 6. The van der Waals surface area contributed by atoms with E-state index in [4.69, 9.17) is 4.74 Å². The molecular weight excluding hydrogens is 356 g/mol. The van der Waals surface area contributed by atoms with Gasteiger partial charge in [-0.3, -0.25) is 14.4 Å². The van der Waals surface area contributed by atoms with Gasteiger partial charge in [0.1, 0.15) is 5.75 Å². The van der Waals surface area contributed by atoms with E-state index in [2.05, 4.69) is 5.32 Å². The minimum atomic E-state index is -0.452. The molecule has 1 atom stereocenters. The molecule has 0 aromatic heterocycles. The standard InChI is InChI=1S/C22H24N2O4/c1-15-5-7-17(8-6-15)20(23-16(2)25)14-22(27)28-19-11-9-18(10-12-19)24-13-3-4-21(24)26/h5-12,20H,3-4,13-14H2,1-2H3,(H,23,25). The molecule has 2 aromatic rings. The molecule has 2 aromatic carbocycles. The fourth-order valence-electron chi connectivity index (χ4n) is 3.25. The maximum atomic E-state index is 12.4. The molecule has 1 aliphatic rings. The van der Waals surface area contributed by atoms with Gasteiger partial charge in [0.15, 0.2) is 0 Å². The molecule has 1 heterocycles. The van der Waals surface area contributed by atoms with Crippen LogP contribution in [0, 0.1) is 6.92 Å². The Bertz CT molecular complexity index is 859. The van der Waals surface area contributed by atoms with Crippen LogP contribution in [-0.2, 0) is 14.4 Å². The molecule has 1 N–H and O–H groups in total. The molecule has 6 nitrogen and oxygen atoms in total. The van der Waals surface area contributed by atoms with Crippen LogP contribution in [0.3, 0.4) is 0 Å². The Kier molecular flexibility index (Phi) is 6.09. The Hall–Kier alpha value is -3.15. The van der Waals surface area contributed by atoms with Crippen molar-refractivity contribution in [1.82, 2.24) is 5.32 Å². The van der Waals surface area contributed by atoms with Crippen LogP contribution < -0.4 is 15.0 Å². The second kappa shape index (κ2) is 8.69. The first-order valence-corrected chi connectivity index (χ1v) is 9.37. The van der Waals surface area contributed by atoms with E-state index in [-0.39, 0.29) is 18.2 Å². The number of hydrogen-bond acceptors (Lipinski definition) is 4. The minimum Gasteiger partial charge on any atom is -0.426 e. The summed E-state index contributed by atoms with van der Waals surface area (Å²) in [5.74, 6) is -0.130. The summed E-state index contributed by atoms with van der Waals surface area (Å²) < 4.78 is 5.42. The third-order valence-electron chi connectivity index (χ3n) is 4.68. The van der Waals surface area contributed by atoms with Crippen molar-refractivity contribution in [3.8, 4) is 5.75 Å². The summed E-state index contributed by atoms with van der Waals surface area (Å²) in [6, 6.07) is 14.1. The van der Waals surface area contributed by atoms with Crippen LogP contribution in [0.15, 0.2) is 48.5 Å². The van der Waals surface area contributed by atoms with Gasteiger partial charge in [-0.25, -0.2) is 0 Å². The van der Waals surface area contributed by atoms with Crippen molar-refractivity contribution < 1.29 is 19.1 Å². The number of hydrogen-bond donors (Lipinski definition) is 1. The Morgan fingerprint density at radius 2 is 1.79 bits per heavy atom. The number of carbonyl (C=O) groups excluding carboxylic acids is 3. The maximum Gasteiger partial charge on any atom is 0.313 e. The summed E-state index contributed by atoms with van der Waals surface area (Å²) >= 11 is 0. The van der Waals surface area contributed by atoms with Crippen LogP contribution in [0.25, 0.3) is 0 Å². The first kappa shape index (κ1) is 19.6. The van der Waals surface area contributed by atoms with Crippen LogP contribution in [0.5, 0.6) is 5.75 Å². The van der Waals surface area contributed by atoms with Crippen LogP contribution in [0.4, 0.5) is 5.69 Å². The molecule has 0 radical (unpaired) electrons. The van der Waals surface area contributed by atoms with Gasteiger partial charge in [0, 0.05) is 25.6 Å². The number of nitrogens with zero attached hydrogens (tertiary/aromatic N) is 1. The molecule has 146 valence electrons. The van der Waals surface area contributed by atoms with Crippen molar-refractivity contribution >= 4 is 23.5 Å². The Balaban J connectivity index is 1.64. The number of nitrogens with one attached hydrogen (secondary N) is 1. The molecular formula is C22H24N2O4. The summed E-state index contributed by atoms with van der Waals surface area (Å²) in [6.07, 6.45) is 1.45. The molecule has 0 bridgehead atoms. The van der Waals surface area contributed by atoms with E-state index in [9.17, 15) is 14.4 Å². The number of carbonyl (C=O) groups is 3. The van der Waals surface area contributed by atoms with Crippen molar-refractivity contribution in [2.24, 2.45) is 0 Å². The van der Waals surface area contributed by atoms with Crippen LogP contribution >= 0.6 is 0 Å². The van der Waals surface area contributed by atoms with Crippen molar-refractivity contribution in [1.29, 1.82) is 0 Å². The zero-order valence-corrected chi connectivity index (χ0v) is 16.1. The van der Waals surface area contributed by atoms with Gasteiger partial charge in [0.25, 0.3) is 0 Å². The van der Waals surface area contributed by atoms with Crippen molar-refractivity contribution in [2.75, 3.05) is 11.4 Å². The molecule has 28 heavy (non-hydrogen) atoms. The van der Waals surface area contributed by atoms with Gasteiger partial charge in [0.2, 0.25) is 11.8 Å². The SMILES string of the molecule is CC(=O)NC(CC(=O)Oc1ccc(N2CCCC2=O)cc1)c1ccc(C)cc1. The van der Waals surface area contributed by atoms with Crippen molar-refractivity contribution in [3.63, 3.8) is 0 Å². The number of anilines is 1. The maximum absolute atomic E-state index is 12.4. The van der Waals surface area contributed by atoms with E-state index in [0.29, 0.717) is 18.7 Å². The molecule has 2 amide bonds. The van der Waals surface area contributed by atoms with Gasteiger partial charge >= 0.3 is 5.97 Å². The lowest BCUT2D eigenvalue weighted by molar-refractivity contribution is -0.135. The Morgan fingerprint density at radius 3 is 2.36 bits per heavy atom. The van der Waals surface area contributed by atoms with Gasteiger partial charge in [-0.05, 0) is 43.2 Å². The van der Waals surface area contributed by atoms with Gasteiger partial charge in [-0.1, -0.05) is 29.8 Å². The molecule has 1 saturated heterocycles. The average molecular weight is 380 g/mol. The highest BCUT2D eigenvalue weighted by molar-refractivity contribution is 5.95. The largest absolute Gasteiger partial charge is 0.426 e. The molecule has 6 heteroatoms. The second-order valence-electron chi connectivity index (χ2n) is 6.98.